The van der Waals surface area contributed by atoms with E-state index in [0.717, 1.165) is 24.9 Å². The highest BCUT2D eigenvalue weighted by molar-refractivity contribution is 14.0. The van der Waals surface area contributed by atoms with Gasteiger partial charge in [0.15, 0.2) is 5.96 Å². The molecule has 2 N–H and O–H groups in total. The van der Waals surface area contributed by atoms with Crippen LogP contribution in [-0.2, 0) is 26.7 Å². The maximum Gasteiger partial charge on any atom is 0.191 e. The number of nitrogens with one attached hydrogen (secondary N) is 2. The predicted molar refractivity (Wildman–Crippen MR) is 114 cm³/mol. The number of guanidine groups is 1. The molecule has 3 rings (SSSR count). The Bertz CT molecular complexity index is 690. The SMILES string of the molecule is CN=C(NCc1ccc(CN2CCCC2)cc1)NCc1ncnn1C.I. The van der Waals surface area contributed by atoms with Crippen molar-refractivity contribution >= 4 is 29.9 Å². The summed E-state index contributed by atoms with van der Waals surface area (Å²) < 4.78 is 1.75. The maximum atomic E-state index is 4.25. The zero-order valence-electron chi connectivity index (χ0n) is 15.5. The smallest absolute Gasteiger partial charge is 0.191 e. The third-order valence-corrected chi connectivity index (χ3v) is 4.53. The van der Waals surface area contributed by atoms with Crippen molar-refractivity contribution in [2.45, 2.75) is 32.5 Å². The normalized spacial score (nSPS) is 14.9. The number of nitrogens with zero attached hydrogens (tertiary/aromatic N) is 5. The van der Waals surface area contributed by atoms with Gasteiger partial charge in [0, 0.05) is 27.2 Å². The molecule has 26 heavy (non-hydrogen) atoms. The van der Waals surface area contributed by atoms with Crippen molar-refractivity contribution in [3.05, 3.63) is 47.5 Å². The van der Waals surface area contributed by atoms with Crippen LogP contribution in [0.4, 0.5) is 0 Å². The number of aryl methyl sites for hydroxylation is 1. The molecule has 0 bridgehead atoms. The molecule has 0 unspecified atom stereocenters. The van der Waals surface area contributed by atoms with Gasteiger partial charge in [0.25, 0.3) is 0 Å². The second-order valence-corrected chi connectivity index (χ2v) is 6.38. The van der Waals surface area contributed by atoms with Crippen LogP contribution < -0.4 is 10.6 Å². The predicted octanol–water partition coefficient (Wildman–Crippen LogP) is 1.89. The van der Waals surface area contributed by atoms with Crippen LogP contribution in [0, 0.1) is 0 Å². The third kappa shape index (κ3) is 5.94. The molecule has 7 nitrogen and oxygen atoms in total. The van der Waals surface area contributed by atoms with E-state index in [-0.39, 0.29) is 24.0 Å². The van der Waals surface area contributed by atoms with E-state index in [1.54, 1.807) is 18.1 Å². The number of likely N-dealkylation sites (tertiary alicyclic amines) is 1. The van der Waals surface area contributed by atoms with E-state index >= 15 is 0 Å². The van der Waals surface area contributed by atoms with Gasteiger partial charge in [0.2, 0.25) is 0 Å². The van der Waals surface area contributed by atoms with Gasteiger partial charge in [-0.25, -0.2) is 4.98 Å². The molecule has 0 atom stereocenters. The molecule has 0 aliphatic carbocycles. The number of benzene rings is 1. The third-order valence-electron chi connectivity index (χ3n) is 4.53. The van der Waals surface area contributed by atoms with Gasteiger partial charge < -0.3 is 10.6 Å². The summed E-state index contributed by atoms with van der Waals surface area (Å²) in [6.45, 7) is 4.86. The van der Waals surface area contributed by atoms with Crippen molar-refractivity contribution in [2.24, 2.45) is 12.0 Å². The van der Waals surface area contributed by atoms with E-state index in [9.17, 15) is 0 Å². The summed E-state index contributed by atoms with van der Waals surface area (Å²) >= 11 is 0. The van der Waals surface area contributed by atoms with Gasteiger partial charge in [-0.15, -0.1) is 24.0 Å². The highest BCUT2D eigenvalue weighted by Crippen LogP contribution is 2.13. The van der Waals surface area contributed by atoms with Crippen LogP contribution in [-0.4, -0.2) is 45.8 Å². The Hall–Kier alpha value is -1.68. The van der Waals surface area contributed by atoms with Crippen LogP contribution in [0.5, 0.6) is 0 Å². The van der Waals surface area contributed by atoms with Gasteiger partial charge in [-0.05, 0) is 37.1 Å². The lowest BCUT2D eigenvalue weighted by atomic mass is 10.1. The van der Waals surface area contributed by atoms with Crippen LogP contribution in [0.15, 0.2) is 35.6 Å². The number of hydrogen-bond donors (Lipinski definition) is 2. The number of hydrogen-bond acceptors (Lipinski definition) is 4. The molecule has 0 saturated carbocycles. The van der Waals surface area contributed by atoms with Gasteiger partial charge in [-0.2, -0.15) is 5.10 Å². The molecule has 2 aromatic rings. The van der Waals surface area contributed by atoms with Crippen molar-refractivity contribution in [1.29, 1.82) is 0 Å². The summed E-state index contributed by atoms with van der Waals surface area (Å²) in [5, 5.41) is 10.6. The van der Waals surface area contributed by atoms with Crippen LogP contribution >= 0.6 is 24.0 Å². The molecular formula is C18H28IN7. The minimum absolute atomic E-state index is 0. The summed E-state index contributed by atoms with van der Waals surface area (Å²) in [5.41, 5.74) is 2.63. The molecule has 2 heterocycles. The summed E-state index contributed by atoms with van der Waals surface area (Å²) in [4.78, 5) is 11.0. The fourth-order valence-corrected chi connectivity index (χ4v) is 3.01. The first-order valence-electron chi connectivity index (χ1n) is 8.82. The molecule has 0 radical (unpaired) electrons. The topological polar surface area (TPSA) is 70.4 Å². The fraction of sp³-hybridized carbons (Fsp3) is 0.500. The fourth-order valence-electron chi connectivity index (χ4n) is 3.01. The quantitative estimate of drug-likeness (QED) is 0.384. The number of aliphatic imine (C=N–C) groups is 1. The molecular weight excluding hydrogens is 441 g/mol. The van der Waals surface area contributed by atoms with E-state index in [0.29, 0.717) is 6.54 Å². The Kier molecular flexibility index (Phi) is 8.30. The Balaban J connectivity index is 0.00000243. The van der Waals surface area contributed by atoms with Crippen molar-refractivity contribution in [3.8, 4) is 0 Å². The van der Waals surface area contributed by atoms with E-state index < -0.39 is 0 Å². The first-order valence-corrected chi connectivity index (χ1v) is 8.82. The molecule has 0 amide bonds. The summed E-state index contributed by atoms with van der Waals surface area (Å²) in [7, 11) is 3.65. The largest absolute Gasteiger partial charge is 0.352 e. The van der Waals surface area contributed by atoms with Gasteiger partial charge in [-0.3, -0.25) is 14.6 Å². The average Bonchev–Trinajstić information content (AvgIpc) is 3.28. The molecule has 1 saturated heterocycles. The first-order chi connectivity index (χ1) is 12.2. The second-order valence-electron chi connectivity index (χ2n) is 6.38. The molecule has 8 heteroatoms. The van der Waals surface area contributed by atoms with Crippen LogP contribution in [0.1, 0.15) is 29.8 Å². The molecule has 1 fully saturated rings. The molecule has 142 valence electrons. The highest BCUT2D eigenvalue weighted by atomic mass is 127. The van der Waals surface area contributed by atoms with Crippen molar-refractivity contribution in [1.82, 2.24) is 30.3 Å². The highest BCUT2D eigenvalue weighted by Gasteiger charge is 2.11. The molecule has 1 aromatic carbocycles. The maximum absolute atomic E-state index is 4.25. The number of halogens is 1. The summed E-state index contributed by atoms with van der Waals surface area (Å²) in [6, 6.07) is 8.83. The minimum Gasteiger partial charge on any atom is -0.352 e. The lowest BCUT2D eigenvalue weighted by Crippen LogP contribution is -2.36. The molecule has 0 spiro atoms. The lowest BCUT2D eigenvalue weighted by Gasteiger charge is -2.15. The second kappa shape index (κ2) is 10.5. The number of rotatable bonds is 6. The Morgan fingerprint density at radius 3 is 2.35 bits per heavy atom. The zero-order valence-corrected chi connectivity index (χ0v) is 17.8. The Labute approximate surface area is 172 Å². The number of aromatic nitrogens is 3. The minimum atomic E-state index is 0. The monoisotopic (exact) mass is 469 g/mol. The van der Waals surface area contributed by atoms with Gasteiger partial charge >= 0.3 is 0 Å². The molecule has 1 aliphatic rings. The van der Waals surface area contributed by atoms with Crippen molar-refractivity contribution in [2.75, 3.05) is 20.1 Å². The summed E-state index contributed by atoms with van der Waals surface area (Å²) in [5.74, 6) is 1.62. The Morgan fingerprint density at radius 1 is 1.08 bits per heavy atom. The van der Waals surface area contributed by atoms with Crippen molar-refractivity contribution < 1.29 is 0 Å². The van der Waals surface area contributed by atoms with Crippen molar-refractivity contribution in [3.63, 3.8) is 0 Å². The molecule has 1 aliphatic heterocycles. The average molecular weight is 469 g/mol. The van der Waals surface area contributed by atoms with E-state index in [1.807, 2.05) is 7.05 Å². The van der Waals surface area contributed by atoms with Crippen LogP contribution in [0.2, 0.25) is 0 Å². The van der Waals surface area contributed by atoms with Gasteiger partial charge in [-0.1, -0.05) is 24.3 Å². The van der Waals surface area contributed by atoms with E-state index in [4.69, 9.17) is 0 Å². The standard InChI is InChI=1S/C18H27N7.HI/c1-19-18(21-12-17-22-14-23-24(17)2)20-11-15-5-7-16(8-6-15)13-25-9-3-4-10-25;/h5-8,14H,3-4,9-13H2,1-2H3,(H2,19,20,21);1H. The lowest BCUT2D eigenvalue weighted by molar-refractivity contribution is 0.331. The summed E-state index contributed by atoms with van der Waals surface area (Å²) in [6.07, 6.45) is 4.22. The van der Waals surface area contributed by atoms with Gasteiger partial charge in [0.1, 0.15) is 12.2 Å². The zero-order chi connectivity index (χ0) is 17.5. The Morgan fingerprint density at radius 2 is 1.73 bits per heavy atom. The van der Waals surface area contributed by atoms with Crippen LogP contribution in [0.25, 0.3) is 0 Å². The van der Waals surface area contributed by atoms with E-state index in [2.05, 4.69) is 54.9 Å². The van der Waals surface area contributed by atoms with E-state index in [1.165, 1.54) is 37.1 Å². The van der Waals surface area contributed by atoms with Gasteiger partial charge in [0.05, 0.1) is 6.54 Å². The molecule has 1 aromatic heterocycles. The van der Waals surface area contributed by atoms with Crippen LogP contribution in [0.3, 0.4) is 0 Å². The first kappa shape index (κ1) is 20.6.